The van der Waals surface area contributed by atoms with Gasteiger partial charge in [-0.3, -0.25) is 4.90 Å². The minimum Gasteiger partial charge on any atom is -0.468 e. The molecule has 124 valence electrons. The third-order valence-electron chi connectivity index (χ3n) is 4.06. The molecule has 1 aliphatic heterocycles. The van der Waals surface area contributed by atoms with E-state index in [0.717, 1.165) is 17.9 Å². The molecule has 23 heavy (non-hydrogen) atoms. The Morgan fingerprint density at radius 2 is 2.13 bits per heavy atom. The van der Waals surface area contributed by atoms with Crippen LogP contribution in [0.4, 0.5) is 8.78 Å². The summed E-state index contributed by atoms with van der Waals surface area (Å²) in [7, 11) is 0. The molecule has 6 heteroatoms. The molecule has 3 rings (SSSR count). The molecule has 1 aromatic carbocycles. The van der Waals surface area contributed by atoms with Gasteiger partial charge in [-0.15, -0.1) is 0 Å². The van der Waals surface area contributed by atoms with E-state index in [0.29, 0.717) is 13.2 Å². The lowest BCUT2D eigenvalue weighted by Crippen LogP contribution is -2.39. The van der Waals surface area contributed by atoms with Crippen LogP contribution in [0.3, 0.4) is 0 Å². The van der Waals surface area contributed by atoms with Crippen molar-refractivity contribution in [2.45, 2.75) is 25.7 Å². The Kier molecular flexibility index (Phi) is 4.93. The highest BCUT2D eigenvalue weighted by Gasteiger charge is 2.27. The lowest BCUT2D eigenvalue weighted by atomic mass is 10.1. The lowest BCUT2D eigenvalue weighted by Gasteiger charge is -2.36. The number of rotatable bonds is 5. The van der Waals surface area contributed by atoms with Gasteiger partial charge in [0.05, 0.1) is 25.0 Å². The van der Waals surface area contributed by atoms with E-state index in [4.69, 9.17) is 9.15 Å². The summed E-state index contributed by atoms with van der Waals surface area (Å²) in [4.78, 5) is 2.26. The van der Waals surface area contributed by atoms with Crippen LogP contribution in [-0.2, 0) is 4.74 Å². The third-order valence-corrected chi connectivity index (χ3v) is 4.06. The fourth-order valence-corrected chi connectivity index (χ4v) is 2.82. The van der Waals surface area contributed by atoms with Crippen molar-refractivity contribution in [3.05, 3.63) is 54.0 Å². The first-order valence-corrected chi connectivity index (χ1v) is 7.57. The van der Waals surface area contributed by atoms with Gasteiger partial charge in [0.2, 0.25) is 0 Å². The minimum absolute atomic E-state index is 0.136. The van der Waals surface area contributed by atoms with E-state index < -0.39 is 6.61 Å². The van der Waals surface area contributed by atoms with Gasteiger partial charge in [0.1, 0.15) is 11.5 Å². The van der Waals surface area contributed by atoms with Crippen molar-refractivity contribution < 1.29 is 22.7 Å². The summed E-state index contributed by atoms with van der Waals surface area (Å²) in [6.45, 7) is 1.30. The van der Waals surface area contributed by atoms with Gasteiger partial charge in [0.15, 0.2) is 0 Å². The van der Waals surface area contributed by atoms with Gasteiger partial charge < -0.3 is 13.9 Å². The number of ether oxygens (including phenoxy) is 2. The number of morpholine rings is 1. The van der Waals surface area contributed by atoms with E-state index in [1.54, 1.807) is 18.4 Å². The van der Waals surface area contributed by atoms with Crippen molar-refractivity contribution in [3.63, 3.8) is 0 Å². The van der Waals surface area contributed by atoms with Crippen LogP contribution in [-0.4, -0.2) is 31.2 Å². The van der Waals surface area contributed by atoms with Crippen LogP contribution in [0.25, 0.3) is 0 Å². The van der Waals surface area contributed by atoms with Crippen molar-refractivity contribution >= 4 is 0 Å². The van der Waals surface area contributed by atoms with Crippen molar-refractivity contribution in [1.82, 2.24) is 4.90 Å². The standard InChI is InChI=1S/C17H19F2NO3/c1-12(15-6-3-8-21-15)20-7-9-22-16(11-20)13-4-2-5-14(10-13)23-17(18)19/h2-6,8,10,12,16-17H,7,9,11H2,1H3. The van der Waals surface area contributed by atoms with Gasteiger partial charge in [0, 0.05) is 13.1 Å². The number of hydrogen-bond acceptors (Lipinski definition) is 4. The maximum Gasteiger partial charge on any atom is 0.387 e. The van der Waals surface area contributed by atoms with E-state index in [1.165, 1.54) is 6.07 Å². The molecule has 0 bridgehead atoms. The summed E-state index contributed by atoms with van der Waals surface area (Å²) in [5, 5.41) is 0. The normalized spacial score (nSPS) is 20.6. The second-order valence-corrected chi connectivity index (χ2v) is 5.50. The molecule has 4 nitrogen and oxygen atoms in total. The molecular weight excluding hydrogens is 304 g/mol. The van der Waals surface area contributed by atoms with E-state index in [1.807, 2.05) is 18.2 Å². The first kappa shape index (κ1) is 16.0. The summed E-state index contributed by atoms with van der Waals surface area (Å²) in [6, 6.07) is 10.6. The molecule has 2 atom stereocenters. The molecule has 0 aliphatic carbocycles. The predicted octanol–water partition coefficient (Wildman–Crippen LogP) is 4.02. The number of benzene rings is 1. The van der Waals surface area contributed by atoms with Gasteiger partial charge in [-0.2, -0.15) is 8.78 Å². The van der Waals surface area contributed by atoms with Crippen molar-refractivity contribution in [3.8, 4) is 5.75 Å². The fourth-order valence-electron chi connectivity index (χ4n) is 2.82. The topological polar surface area (TPSA) is 34.8 Å². The van der Waals surface area contributed by atoms with Crippen molar-refractivity contribution in [2.24, 2.45) is 0 Å². The molecule has 1 aromatic heterocycles. The van der Waals surface area contributed by atoms with E-state index in [-0.39, 0.29) is 17.9 Å². The first-order valence-electron chi connectivity index (χ1n) is 7.57. The zero-order valence-corrected chi connectivity index (χ0v) is 12.8. The Bertz CT molecular complexity index is 618. The predicted molar refractivity (Wildman–Crippen MR) is 80.5 cm³/mol. The Morgan fingerprint density at radius 1 is 1.26 bits per heavy atom. The Morgan fingerprint density at radius 3 is 2.87 bits per heavy atom. The number of hydrogen-bond donors (Lipinski definition) is 0. The van der Waals surface area contributed by atoms with E-state index in [9.17, 15) is 8.78 Å². The average molecular weight is 323 g/mol. The van der Waals surface area contributed by atoms with Crippen LogP contribution in [0.15, 0.2) is 47.1 Å². The summed E-state index contributed by atoms with van der Waals surface area (Å²) in [5.74, 6) is 1.05. The Balaban J connectivity index is 1.71. The third kappa shape index (κ3) is 3.89. The largest absolute Gasteiger partial charge is 0.468 e. The molecule has 2 unspecified atom stereocenters. The van der Waals surface area contributed by atoms with Crippen molar-refractivity contribution in [1.29, 1.82) is 0 Å². The summed E-state index contributed by atoms with van der Waals surface area (Å²) >= 11 is 0. The second kappa shape index (κ2) is 7.10. The average Bonchev–Trinajstić information content (AvgIpc) is 3.08. The van der Waals surface area contributed by atoms with Crippen molar-refractivity contribution in [2.75, 3.05) is 19.7 Å². The quantitative estimate of drug-likeness (QED) is 0.832. The molecular formula is C17H19F2NO3. The molecule has 2 aromatic rings. The fraction of sp³-hybridized carbons (Fsp3) is 0.412. The van der Waals surface area contributed by atoms with Crippen LogP contribution >= 0.6 is 0 Å². The minimum atomic E-state index is -2.83. The molecule has 1 aliphatic rings. The highest BCUT2D eigenvalue weighted by Crippen LogP contribution is 2.30. The number of halogens is 2. The van der Waals surface area contributed by atoms with Crippen LogP contribution in [0.5, 0.6) is 5.75 Å². The van der Waals surface area contributed by atoms with Gasteiger partial charge >= 0.3 is 6.61 Å². The van der Waals surface area contributed by atoms with Crippen LogP contribution in [0.1, 0.15) is 30.4 Å². The maximum absolute atomic E-state index is 12.3. The molecule has 1 fully saturated rings. The summed E-state index contributed by atoms with van der Waals surface area (Å²) < 4.78 is 40.4. The number of nitrogens with zero attached hydrogens (tertiary/aromatic N) is 1. The maximum atomic E-state index is 12.3. The summed E-state index contributed by atoms with van der Waals surface area (Å²) in [6.07, 6.45) is 1.48. The van der Waals surface area contributed by atoms with Crippen LogP contribution in [0.2, 0.25) is 0 Å². The van der Waals surface area contributed by atoms with E-state index in [2.05, 4.69) is 16.6 Å². The lowest BCUT2D eigenvalue weighted by molar-refractivity contribution is -0.0524. The monoisotopic (exact) mass is 323 g/mol. The highest BCUT2D eigenvalue weighted by atomic mass is 19.3. The van der Waals surface area contributed by atoms with Gasteiger partial charge in [-0.05, 0) is 36.8 Å². The molecule has 0 N–H and O–H groups in total. The van der Waals surface area contributed by atoms with Crippen LogP contribution in [0, 0.1) is 0 Å². The molecule has 0 spiro atoms. The molecule has 0 saturated carbocycles. The second-order valence-electron chi connectivity index (χ2n) is 5.50. The molecule has 1 saturated heterocycles. The van der Waals surface area contributed by atoms with Gasteiger partial charge in [0.25, 0.3) is 0 Å². The van der Waals surface area contributed by atoms with E-state index >= 15 is 0 Å². The number of furan rings is 1. The van der Waals surface area contributed by atoms with Crippen LogP contribution < -0.4 is 4.74 Å². The summed E-state index contributed by atoms with van der Waals surface area (Å²) in [5.41, 5.74) is 0.833. The first-order chi connectivity index (χ1) is 11.1. The zero-order valence-electron chi connectivity index (χ0n) is 12.8. The number of alkyl halides is 2. The zero-order chi connectivity index (χ0) is 16.2. The Hall–Kier alpha value is -1.92. The van der Waals surface area contributed by atoms with Gasteiger partial charge in [-0.1, -0.05) is 12.1 Å². The Labute approximate surface area is 133 Å². The molecule has 0 radical (unpaired) electrons. The van der Waals surface area contributed by atoms with Gasteiger partial charge in [-0.25, -0.2) is 0 Å². The smallest absolute Gasteiger partial charge is 0.387 e. The SMILES string of the molecule is CC(c1ccco1)N1CCOC(c2cccc(OC(F)F)c2)C1. The molecule has 2 heterocycles. The molecule has 0 amide bonds. The highest BCUT2D eigenvalue weighted by molar-refractivity contribution is 5.30.